The molecule has 0 spiro atoms. The molecule has 1 aromatic carbocycles. The van der Waals surface area contributed by atoms with E-state index in [4.69, 9.17) is 5.73 Å². The molecule has 0 fully saturated rings. The second-order valence-electron chi connectivity index (χ2n) is 4.90. The van der Waals surface area contributed by atoms with E-state index in [0.29, 0.717) is 18.7 Å². The molecule has 2 aromatic rings. The zero-order valence-corrected chi connectivity index (χ0v) is 10.9. The maximum absolute atomic E-state index is 12.4. The lowest BCUT2D eigenvalue weighted by atomic mass is 9.98. The lowest BCUT2D eigenvalue weighted by molar-refractivity contribution is 0.0735. The number of anilines is 1. The van der Waals surface area contributed by atoms with Crippen molar-refractivity contribution in [3.8, 4) is 0 Å². The SMILES string of the molecule is Nc1cccc2c1CN(C(=O)c1ccc(=O)[nH]c1)CC2. The van der Waals surface area contributed by atoms with Crippen LogP contribution in [0.2, 0.25) is 0 Å². The van der Waals surface area contributed by atoms with Crippen LogP contribution in [-0.2, 0) is 13.0 Å². The molecule has 0 unspecified atom stereocenters. The van der Waals surface area contributed by atoms with Gasteiger partial charge >= 0.3 is 0 Å². The monoisotopic (exact) mass is 269 g/mol. The minimum absolute atomic E-state index is 0.0878. The number of carbonyl (C=O) groups is 1. The maximum Gasteiger partial charge on any atom is 0.255 e. The number of nitrogen functional groups attached to an aromatic ring is 1. The van der Waals surface area contributed by atoms with Gasteiger partial charge in [0.2, 0.25) is 5.56 Å². The van der Waals surface area contributed by atoms with Crippen LogP contribution in [0.5, 0.6) is 0 Å². The predicted octanol–water partition coefficient (Wildman–Crippen LogP) is 1.16. The lowest BCUT2D eigenvalue weighted by Crippen LogP contribution is -2.36. The number of rotatable bonds is 1. The van der Waals surface area contributed by atoms with Gasteiger partial charge in [0.05, 0.1) is 5.56 Å². The first-order valence-corrected chi connectivity index (χ1v) is 6.49. The number of fused-ring (bicyclic) bond motifs is 1. The molecular weight excluding hydrogens is 254 g/mol. The van der Waals surface area contributed by atoms with E-state index in [2.05, 4.69) is 4.98 Å². The molecule has 5 nitrogen and oxygen atoms in total. The lowest BCUT2D eigenvalue weighted by Gasteiger charge is -2.29. The molecule has 1 amide bonds. The maximum atomic E-state index is 12.4. The van der Waals surface area contributed by atoms with Crippen molar-refractivity contribution in [3.63, 3.8) is 0 Å². The van der Waals surface area contributed by atoms with Crippen molar-refractivity contribution in [1.29, 1.82) is 0 Å². The number of hydrogen-bond acceptors (Lipinski definition) is 3. The smallest absolute Gasteiger partial charge is 0.255 e. The molecule has 3 N–H and O–H groups in total. The molecule has 0 saturated carbocycles. The average molecular weight is 269 g/mol. The molecule has 1 aromatic heterocycles. The third-order valence-corrected chi connectivity index (χ3v) is 3.63. The number of nitrogens with zero attached hydrogens (tertiary/aromatic N) is 1. The van der Waals surface area contributed by atoms with Crippen molar-refractivity contribution in [3.05, 3.63) is 63.6 Å². The molecule has 0 radical (unpaired) electrons. The summed E-state index contributed by atoms with van der Waals surface area (Å²) in [5.74, 6) is -0.0878. The number of benzene rings is 1. The van der Waals surface area contributed by atoms with Gasteiger partial charge in [0, 0.05) is 31.0 Å². The number of hydrogen-bond donors (Lipinski definition) is 2. The van der Waals surface area contributed by atoms with Gasteiger partial charge in [-0.15, -0.1) is 0 Å². The van der Waals surface area contributed by atoms with Gasteiger partial charge in [0.1, 0.15) is 0 Å². The van der Waals surface area contributed by atoms with Crippen molar-refractivity contribution >= 4 is 11.6 Å². The van der Waals surface area contributed by atoms with Gasteiger partial charge in [0.15, 0.2) is 0 Å². The first kappa shape index (κ1) is 12.5. The predicted molar refractivity (Wildman–Crippen MR) is 76.4 cm³/mol. The molecule has 1 aliphatic rings. The van der Waals surface area contributed by atoms with Crippen molar-refractivity contribution in [2.24, 2.45) is 0 Å². The fourth-order valence-electron chi connectivity index (χ4n) is 2.51. The number of pyridine rings is 1. The Bertz CT molecular complexity index is 701. The zero-order valence-electron chi connectivity index (χ0n) is 10.9. The third-order valence-electron chi connectivity index (χ3n) is 3.63. The summed E-state index contributed by atoms with van der Waals surface area (Å²) in [4.78, 5) is 27.7. The van der Waals surface area contributed by atoms with Crippen LogP contribution >= 0.6 is 0 Å². The van der Waals surface area contributed by atoms with Crippen LogP contribution in [0.15, 0.2) is 41.3 Å². The molecule has 0 aliphatic carbocycles. The largest absolute Gasteiger partial charge is 0.398 e. The summed E-state index contributed by atoms with van der Waals surface area (Å²) in [5.41, 5.74) is 9.20. The number of H-pyrrole nitrogens is 1. The number of aromatic amines is 1. The van der Waals surface area contributed by atoms with Gasteiger partial charge in [-0.2, -0.15) is 0 Å². The highest BCUT2D eigenvalue weighted by molar-refractivity contribution is 5.94. The summed E-state index contributed by atoms with van der Waals surface area (Å²) >= 11 is 0. The zero-order chi connectivity index (χ0) is 14.1. The normalized spacial score (nSPS) is 13.9. The van der Waals surface area contributed by atoms with E-state index >= 15 is 0 Å². The molecule has 102 valence electrons. The molecule has 0 atom stereocenters. The molecule has 2 heterocycles. The van der Waals surface area contributed by atoms with E-state index in [0.717, 1.165) is 17.7 Å². The Morgan fingerprint density at radius 1 is 1.25 bits per heavy atom. The van der Waals surface area contributed by atoms with Crippen LogP contribution in [0.1, 0.15) is 21.5 Å². The van der Waals surface area contributed by atoms with Crippen molar-refractivity contribution in [2.75, 3.05) is 12.3 Å². The molecular formula is C15H15N3O2. The van der Waals surface area contributed by atoms with Gasteiger partial charge < -0.3 is 15.6 Å². The average Bonchev–Trinajstić information content (AvgIpc) is 2.47. The molecule has 0 bridgehead atoms. The topological polar surface area (TPSA) is 79.2 Å². The van der Waals surface area contributed by atoms with Gasteiger partial charge in [-0.25, -0.2) is 0 Å². The highest BCUT2D eigenvalue weighted by atomic mass is 16.2. The Labute approximate surface area is 116 Å². The van der Waals surface area contributed by atoms with Gasteiger partial charge in [-0.1, -0.05) is 12.1 Å². The first-order chi connectivity index (χ1) is 9.65. The van der Waals surface area contributed by atoms with Crippen LogP contribution < -0.4 is 11.3 Å². The number of aromatic nitrogens is 1. The van der Waals surface area contributed by atoms with Gasteiger partial charge in [0.25, 0.3) is 5.91 Å². The summed E-state index contributed by atoms with van der Waals surface area (Å²) in [6, 6.07) is 8.75. The summed E-state index contributed by atoms with van der Waals surface area (Å²) in [7, 11) is 0. The standard InChI is InChI=1S/C15H15N3O2/c16-13-3-1-2-10-6-7-18(9-12(10)13)15(20)11-4-5-14(19)17-8-11/h1-5,8H,6-7,9,16H2,(H,17,19). The van der Waals surface area contributed by atoms with Crippen LogP contribution in [0.25, 0.3) is 0 Å². The third kappa shape index (κ3) is 2.18. The van der Waals surface area contributed by atoms with E-state index in [-0.39, 0.29) is 11.5 Å². The van der Waals surface area contributed by atoms with Gasteiger partial charge in [-0.3, -0.25) is 9.59 Å². The van der Waals surface area contributed by atoms with E-state index in [1.165, 1.54) is 17.8 Å². The minimum atomic E-state index is -0.213. The fourth-order valence-corrected chi connectivity index (χ4v) is 2.51. The highest BCUT2D eigenvalue weighted by Crippen LogP contribution is 2.25. The number of nitrogens with one attached hydrogen (secondary N) is 1. The molecule has 5 heteroatoms. The highest BCUT2D eigenvalue weighted by Gasteiger charge is 2.22. The Kier molecular flexibility index (Phi) is 3.02. The van der Waals surface area contributed by atoms with E-state index in [1.54, 1.807) is 11.0 Å². The fraction of sp³-hybridized carbons (Fsp3) is 0.200. The van der Waals surface area contributed by atoms with Crippen LogP contribution in [0.3, 0.4) is 0 Å². The summed E-state index contributed by atoms with van der Waals surface area (Å²) in [6.45, 7) is 1.17. The van der Waals surface area contributed by atoms with Crippen LogP contribution in [0.4, 0.5) is 5.69 Å². The quantitative estimate of drug-likeness (QED) is 0.762. The molecule has 3 rings (SSSR count). The minimum Gasteiger partial charge on any atom is -0.398 e. The Morgan fingerprint density at radius 3 is 2.85 bits per heavy atom. The second-order valence-corrected chi connectivity index (χ2v) is 4.90. The number of carbonyl (C=O) groups excluding carboxylic acids is 1. The molecule has 0 saturated heterocycles. The summed E-state index contributed by atoms with van der Waals surface area (Å²) in [6.07, 6.45) is 2.25. The van der Waals surface area contributed by atoms with Gasteiger partial charge in [-0.05, 0) is 29.7 Å². The van der Waals surface area contributed by atoms with Crippen molar-refractivity contribution in [2.45, 2.75) is 13.0 Å². The Balaban J connectivity index is 1.86. The Hall–Kier alpha value is -2.56. The van der Waals surface area contributed by atoms with E-state index in [1.807, 2.05) is 18.2 Å². The Morgan fingerprint density at radius 2 is 2.10 bits per heavy atom. The number of nitrogens with two attached hydrogens (primary N) is 1. The molecule has 1 aliphatic heterocycles. The summed E-state index contributed by atoms with van der Waals surface area (Å²) < 4.78 is 0. The summed E-state index contributed by atoms with van der Waals surface area (Å²) in [5, 5.41) is 0. The molecule has 20 heavy (non-hydrogen) atoms. The number of amides is 1. The van der Waals surface area contributed by atoms with E-state index in [9.17, 15) is 9.59 Å². The van der Waals surface area contributed by atoms with E-state index < -0.39 is 0 Å². The van der Waals surface area contributed by atoms with Crippen LogP contribution in [0, 0.1) is 0 Å². The van der Waals surface area contributed by atoms with Crippen molar-refractivity contribution < 1.29 is 4.79 Å². The van der Waals surface area contributed by atoms with Crippen LogP contribution in [-0.4, -0.2) is 22.3 Å². The second kappa shape index (κ2) is 4.85. The van der Waals surface area contributed by atoms with Crippen molar-refractivity contribution in [1.82, 2.24) is 9.88 Å². The first-order valence-electron chi connectivity index (χ1n) is 6.49.